The fourth-order valence-corrected chi connectivity index (χ4v) is 3.99. The van der Waals surface area contributed by atoms with Crippen LogP contribution in [0.1, 0.15) is 40.6 Å². The van der Waals surface area contributed by atoms with Crippen LogP contribution in [0.4, 0.5) is 8.78 Å². The van der Waals surface area contributed by atoms with E-state index in [2.05, 4.69) is 10.3 Å². The molecule has 0 saturated carbocycles. The topological polar surface area (TPSA) is 67.2 Å². The number of hydrogen-bond acceptors (Lipinski definition) is 3. The molecule has 1 aliphatic rings. The maximum absolute atomic E-state index is 13.4. The number of aryl methyl sites for hydroxylation is 1. The van der Waals surface area contributed by atoms with Gasteiger partial charge in [0.2, 0.25) is 5.91 Å². The van der Waals surface area contributed by atoms with E-state index in [9.17, 15) is 18.4 Å². The molecule has 166 valence electrons. The Bertz CT molecular complexity index is 1090. The maximum atomic E-state index is 13.4. The summed E-state index contributed by atoms with van der Waals surface area (Å²) in [7, 11) is 1.84. The molecule has 4 rings (SSSR count). The van der Waals surface area contributed by atoms with E-state index in [0.29, 0.717) is 37.3 Å². The molecule has 0 bridgehead atoms. The molecular formula is C24H24F2N4O2. The van der Waals surface area contributed by atoms with Crippen molar-refractivity contribution in [2.75, 3.05) is 13.1 Å². The van der Waals surface area contributed by atoms with Crippen molar-refractivity contribution in [3.63, 3.8) is 0 Å². The molecule has 1 fully saturated rings. The molecule has 1 atom stereocenters. The van der Waals surface area contributed by atoms with Gasteiger partial charge in [0.15, 0.2) is 0 Å². The van der Waals surface area contributed by atoms with Crippen molar-refractivity contribution >= 4 is 11.8 Å². The molecule has 2 amide bonds. The second-order valence-electron chi connectivity index (χ2n) is 7.96. The molecule has 1 saturated heterocycles. The first-order valence-corrected chi connectivity index (χ1v) is 10.5. The van der Waals surface area contributed by atoms with E-state index in [0.717, 1.165) is 5.56 Å². The smallest absolute Gasteiger partial charge is 0.253 e. The summed E-state index contributed by atoms with van der Waals surface area (Å²) in [5.74, 6) is -0.640. The largest absolute Gasteiger partial charge is 0.342 e. The first-order chi connectivity index (χ1) is 15.4. The lowest BCUT2D eigenvalue weighted by Gasteiger charge is -2.32. The molecule has 1 unspecified atom stereocenters. The zero-order chi connectivity index (χ0) is 22.7. The Hall–Kier alpha value is -3.55. The van der Waals surface area contributed by atoms with Crippen molar-refractivity contribution in [2.24, 2.45) is 13.0 Å². The van der Waals surface area contributed by atoms with Crippen LogP contribution in [0.3, 0.4) is 0 Å². The lowest BCUT2D eigenvalue weighted by atomic mass is 9.94. The highest BCUT2D eigenvalue weighted by Gasteiger charge is 2.30. The fraction of sp³-hybridized carbons (Fsp3) is 0.292. The Kier molecular flexibility index (Phi) is 6.30. The Labute approximate surface area is 184 Å². The number of rotatable bonds is 5. The highest BCUT2D eigenvalue weighted by atomic mass is 19.1. The highest BCUT2D eigenvalue weighted by Crippen LogP contribution is 2.24. The van der Waals surface area contributed by atoms with Crippen LogP contribution in [0, 0.1) is 17.6 Å². The van der Waals surface area contributed by atoms with Crippen LogP contribution in [0.2, 0.25) is 0 Å². The predicted octanol–water partition coefficient (Wildman–Crippen LogP) is 3.46. The number of aromatic nitrogens is 2. The number of likely N-dealkylation sites (tertiary alicyclic amines) is 1. The standard InChI is InChI=1S/C24H24F2N4O2/c1-29-15-12-27-22(29)21(16-2-6-19(25)7-3-16)28-23(31)17-10-13-30(14-11-17)24(32)18-4-8-20(26)9-5-18/h2-9,12,15,17,21H,10-11,13-14H2,1H3,(H,28,31). The van der Waals surface area contributed by atoms with Crippen molar-refractivity contribution in [1.82, 2.24) is 19.8 Å². The van der Waals surface area contributed by atoms with Crippen molar-refractivity contribution in [1.29, 1.82) is 0 Å². The third-order valence-electron chi connectivity index (χ3n) is 5.85. The number of nitrogens with zero attached hydrogens (tertiary/aromatic N) is 3. The zero-order valence-electron chi connectivity index (χ0n) is 17.7. The Morgan fingerprint density at radius 2 is 1.59 bits per heavy atom. The monoisotopic (exact) mass is 438 g/mol. The average Bonchev–Trinajstić information content (AvgIpc) is 3.23. The number of amides is 2. The molecule has 2 heterocycles. The van der Waals surface area contributed by atoms with Gasteiger partial charge in [-0.3, -0.25) is 9.59 Å². The number of piperidine rings is 1. The number of carbonyl (C=O) groups excluding carboxylic acids is 2. The molecule has 1 aliphatic heterocycles. The molecule has 32 heavy (non-hydrogen) atoms. The van der Waals surface area contributed by atoms with Crippen LogP contribution >= 0.6 is 0 Å². The van der Waals surface area contributed by atoms with Gasteiger partial charge >= 0.3 is 0 Å². The van der Waals surface area contributed by atoms with E-state index in [1.807, 2.05) is 11.6 Å². The lowest BCUT2D eigenvalue weighted by Crippen LogP contribution is -2.44. The van der Waals surface area contributed by atoms with Crippen LogP contribution in [-0.4, -0.2) is 39.4 Å². The summed E-state index contributed by atoms with van der Waals surface area (Å²) in [5.41, 5.74) is 1.17. The van der Waals surface area contributed by atoms with Gasteiger partial charge in [0.05, 0.1) is 0 Å². The Balaban J connectivity index is 1.42. The third-order valence-corrected chi connectivity index (χ3v) is 5.85. The highest BCUT2D eigenvalue weighted by molar-refractivity contribution is 5.94. The normalized spacial score (nSPS) is 15.4. The number of imidazole rings is 1. The summed E-state index contributed by atoms with van der Waals surface area (Å²) >= 11 is 0. The van der Waals surface area contributed by atoms with Gasteiger partial charge in [-0.2, -0.15) is 0 Å². The van der Waals surface area contributed by atoms with Crippen LogP contribution in [0.5, 0.6) is 0 Å². The molecule has 0 spiro atoms. The minimum absolute atomic E-state index is 0.129. The summed E-state index contributed by atoms with van der Waals surface area (Å²) in [5, 5.41) is 3.06. The van der Waals surface area contributed by atoms with Gasteiger partial charge in [-0.15, -0.1) is 0 Å². The van der Waals surface area contributed by atoms with Gasteiger partial charge in [-0.05, 0) is 54.8 Å². The summed E-state index contributed by atoms with van der Waals surface area (Å²) in [6, 6.07) is 10.9. The number of halogens is 2. The third kappa shape index (κ3) is 4.69. The first kappa shape index (κ1) is 21.7. The number of nitrogens with one attached hydrogen (secondary N) is 1. The zero-order valence-corrected chi connectivity index (χ0v) is 17.7. The Morgan fingerprint density at radius 1 is 1.00 bits per heavy atom. The van der Waals surface area contributed by atoms with E-state index in [-0.39, 0.29) is 29.4 Å². The molecule has 0 aliphatic carbocycles. The van der Waals surface area contributed by atoms with E-state index < -0.39 is 6.04 Å². The van der Waals surface area contributed by atoms with Gasteiger partial charge in [0.25, 0.3) is 5.91 Å². The van der Waals surface area contributed by atoms with Gasteiger partial charge in [-0.25, -0.2) is 13.8 Å². The molecule has 1 N–H and O–H groups in total. The fourth-order valence-electron chi connectivity index (χ4n) is 3.99. The molecule has 8 heteroatoms. The summed E-state index contributed by atoms with van der Waals surface area (Å²) < 4.78 is 28.3. The number of benzene rings is 2. The van der Waals surface area contributed by atoms with E-state index in [1.165, 1.54) is 36.4 Å². The van der Waals surface area contributed by atoms with Gasteiger partial charge < -0.3 is 14.8 Å². The van der Waals surface area contributed by atoms with Crippen molar-refractivity contribution in [3.05, 3.63) is 89.5 Å². The quantitative estimate of drug-likeness (QED) is 0.664. The van der Waals surface area contributed by atoms with Gasteiger partial charge in [0, 0.05) is 44.0 Å². The summed E-state index contributed by atoms with van der Waals surface area (Å²) in [6.07, 6.45) is 4.49. The number of carbonyl (C=O) groups is 2. The van der Waals surface area contributed by atoms with Gasteiger partial charge in [0.1, 0.15) is 23.5 Å². The van der Waals surface area contributed by atoms with Crippen molar-refractivity contribution < 1.29 is 18.4 Å². The van der Waals surface area contributed by atoms with E-state index in [4.69, 9.17) is 0 Å². The van der Waals surface area contributed by atoms with Crippen molar-refractivity contribution in [2.45, 2.75) is 18.9 Å². The lowest BCUT2D eigenvalue weighted by molar-refractivity contribution is -0.126. The summed E-state index contributed by atoms with van der Waals surface area (Å²) in [6.45, 7) is 0.885. The van der Waals surface area contributed by atoms with Crippen LogP contribution < -0.4 is 5.32 Å². The predicted molar refractivity (Wildman–Crippen MR) is 115 cm³/mol. The van der Waals surface area contributed by atoms with Gasteiger partial charge in [-0.1, -0.05) is 12.1 Å². The van der Waals surface area contributed by atoms with Crippen molar-refractivity contribution in [3.8, 4) is 0 Å². The molecule has 2 aromatic carbocycles. The number of hydrogen-bond donors (Lipinski definition) is 1. The average molecular weight is 438 g/mol. The second kappa shape index (κ2) is 9.30. The van der Waals surface area contributed by atoms with E-state index in [1.54, 1.807) is 29.4 Å². The molecule has 0 radical (unpaired) electrons. The van der Waals surface area contributed by atoms with Crippen LogP contribution in [0.15, 0.2) is 60.9 Å². The minimum atomic E-state index is -0.512. The molecular weight excluding hydrogens is 414 g/mol. The SMILES string of the molecule is Cn1ccnc1C(NC(=O)C1CCN(C(=O)c2ccc(F)cc2)CC1)c1ccc(F)cc1. The second-order valence-corrected chi connectivity index (χ2v) is 7.96. The summed E-state index contributed by atoms with van der Waals surface area (Å²) in [4.78, 5) is 31.8. The first-order valence-electron chi connectivity index (χ1n) is 10.5. The molecule has 3 aromatic rings. The van der Waals surface area contributed by atoms with Crippen LogP contribution in [-0.2, 0) is 11.8 Å². The molecule has 1 aromatic heterocycles. The molecule has 6 nitrogen and oxygen atoms in total. The Morgan fingerprint density at radius 3 is 2.16 bits per heavy atom. The van der Waals surface area contributed by atoms with E-state index >= 15 is 0 Å². The van der Waals surface area contributed by atoms with Crippen LogP contribution in [0.25, 0.3) is 0 Å². The maximum Gasteiger partial charge on any atom is 0.253 e. The minimum Gasteiger partial charge on any atom is -0.342 e.